The average molecular weight is 283 g/mol. The Morgan fingerprint density at radius 1 is 1.48 bits per heavy atom. The van der Waals surface area contributed by atoms with Gasteiger partial charge in [-0.3, -0.25) is 14.4 Å². The highest BCUT2D eigenvalue weighted by Crippen LogP contribution is 2.22. The first-order valence-electron chi connectivity index (χ1n) is 6.99. The van der Waals surface area contributed by atoms with Crippen molar-refractivity contribution in [1.29, 1.82) is 5.26 Å². The monoisotopic (exact) mass is 283 g/mol. The van der Waals surface area contributed by atoms with Crippen molar-refractivity contribution < 1.29 is 0 Å². The van der Waals surface area contributed by atoms with Crippen LogP contribution < -0.4 is 5.56 Å². The van der Waals surface area contributed by atoms with Crippen molar-refractivity contribution in [3.63, 3.8) is 0 Å². The van der Waals surface area contributed by atoms with Crippen LogP contribution in [0.2, 0.25) is 0 Å². The maximum Gasteiger partial charge on any atom is 0.250 e. The molecule has 1 unspecified atom stereocenters. The SMILES string of the molecule is Cn1c(CN2CCC(n3cc(C#N)cn3)C2)cccc1=O. The number of aromatic nitrogens is 3. The molecule has 0 amide bonds. The zero-order valence-electron chi connectivity index (χ0n) is 11.9. The van der Waals surface area contributed by atoms with Crippen LogP contribution >= 0.6 is 0 Å². The molecule has 1 atom stereocenters. The molecule has 1 fully saturated rings. The highest BCUT2D eigenvalue weighted by atomic mass is 16.1. The minimum atomic E-state index is 0.0222. The van der Waals surface area contributed by atoms with Crippen LogP contribution in [0.5, 0.6) is 0 Å². The number of nitriles is 1. The Hall–Kier alpha value is -2.39. The summed E-state index contributed by atoms with van der Waals surface area (Å²) in [7, 11) is 1.80. The number of rotatable bonds is 3. The Labute approximate surface area is 122 Å². The first-order valence-corrected chi connectivity index (χ1v) is 6.99. The molecule has 21 heavy (non-hydrogen) atoms. The summed E-state index contributed by atoms with van der Waals surface area (Å²) in [5.74, 6) is 0. The van der Waals surface area contributed by atoms with Crippen LogP contribution in [0.3, 0.4) is 0 Å². The lowest BCUT2D eigenvalue weighted by Gasteiger charge is -2.17. The molecule has 0 aliphatic carbocycles. The van der Waals surface area contributed by atoms with Crippen LogP contribution in [0.4, 0.5) is 0 Å². The zero-order chi connectivity index (χ0) is 14.8. The summed E-state index contributed by atoms with van der Waals surface area (Å²) in [4.78, 5) is 13.9. The lowest BCUT2D eigenvalue weighted by atomic mass is 10.3. The van der Waals surface area contributed by atoms with Crippen LogP contribution in [0.25, 0.3) is 0 Å². The van der Waals surface area contributed by atoms with Crippen LogP contribution in [0.15, 0.2) is 35.4 Å². The van der Waals surface area contributed by atoms with E-state index in [9.17, 15) is 4.79 Å². The topological polar surface area (TPSA) is 66.8 Å². The molecule has 0 N–H and O–H groups in total. The van der Waals surface area contributed by atoms with Crippen molar-refractivity contribution in [3.8, 4) is 6.07 Å². The Balaban J connectivity index is 1.69. The summed E-state index contributed by atoms with van der Waals surface area (Å²) in [5, 5.41) is 13.1. The fourth-order valence-corrected chi connectivity index (χ4v) is 2.76. The molecule has 1 aliphatic rings. The van der Waals surface area contributed by atoms with E-state index in [1.807, 2.05) is 10.7 Å². The Morgan fingerprint density at radius 2 is 2.33 bits per heavy atom. The van der Waals surface area contributed by atoms with Gasteiger partial charge in [0.1, 0.15) is 6.07 Å². The van der Waals surface area contributed by atoms with Crippen molar-refractivity contribution in [1.82, 2.24) is 19.2 Å². The van der Waals surface area contributed by atoms with Gasteiger partial charge in [0.15, 0.2) is 0 Å². The lowest BCUT2D eigenvalue weighted by molar-refractivity contribution is 0.303. The summed E-state index contributed by atoms with van der Waals surface area (Å²) < 4.78 is 3.57. The zero-order valence-corrected chi connectivity index (χ0v) is 11.9. The van der Waals surface area contributed by atoms with Crippen molar-refractivity contribution in [2.45, 2.75) is 19.0 Å². The fraction of sp³-hybridized carbons (Fsp3) is 0.400. The van der Waals surface area contributed by atoms with Gasteiger partial charge in [-0.2, -0.15) is 10.4 Å². The molecule has 108 valence electrons. The summed E-state index contributed by atoms with van der Waals surface area (Å²) in [6, 6.07) is 7.76. The normalized spacial score (nSPS) is 18.8. The maximum atomic E-state index is 11.6. The molecule has 0 bridgehead atoms. The molecule has 2 aromatic rings. The van der Waals surface area contributed by atoms with Gasteiger partial charge >= 0.3 is 0 Å². The minimum absolute atomic E-state index is 0.0222. The lowest BCUT2D eigenvalue weighted by Crippen LogP contribution is -2.26. The van der Waals surface area contributed by atoms with Gasteiger partial charge in [0.2, 0.25) is 5.56 Å². The standard InChI is InChI=1S/C15H17N5O/c1-18-13(3-2-4-15(18)21)10-19-6-5-14(11-19)20-9-12(7-16)8-17-20/h2-4,8-9,14H,5-6,10-11H2,1H3. The molecule has 0 radical (unpaired) electrons. The Bertz CT molecular complexity index is 739. The van der Waals surface area contributed by atoms with E-state index < -0.39 is 0 Å². The predicted octanol–water partition coefficient (Wildman–Crippen LogP) is 0.900. The van der Waals surface area contributed by atoms with Gasteiger partial charge in [0.25, 0.3) is 0 Å². The molecular formula is C15H17N5O. The van der Waals surface area contributed by atoms with Gasteiger partial charge in [0.05, 0.1) is 17.8 Å². The van der Waals surface area contributed by atoms with Crippen molar-refractivity contribution in [2.75, 3.05) is 13.1 Å². The van der Waals surface area contributed by atoms with Crippen LogP contribution in [0.1, 0.15) is 23.7 Å². The van der Waals surface area contributed by atoms with Crippen molar-refractivity contribution >= 4 is 0 Å². The molecule has 1 saturated heterocycles. The van der Waals surface area contributed by atoms with Gasteiger partial charge in [-0.05, 0) is 12.5 Å². The fourth-order valence-electron chi connectivity index (χ4n) is 2.76. The van der Waals surface area contributed by atoms with Crippen molar-refractivity contribution in [3.05, 3.63) is 52.2 Å². The largest absolute Gasteiger partial charge is 0.314 e. The van der Waals surface area contributed by atoms with Gasteiger partial charge in [-0.1, -0.05) is 6.07 Å². The van der Waals surface area contributed by atoms with Gasteiger partial charge in [-0.25, -0.2) is 0 Å². The second kappa shape index (κ2) is 5.54. The van der Waals surface area contributed by atoms with E-state index in [-0.39, 0.29) is 5.56 Å². The summed E-state index contributed by atoms with van der Waals surface area (Å²) in [5.41, 5.74) is 1.63. The number of likely N-dealkylation sites (tertiary alicyclic amines) is 1. The Kier molecular flexibility index (Phi) is 3.59. The second-order valence-corrected chi connectivity index (χ2v) is 5.41. The van der Waals surface area contributed by atoms with E-state index in [4.69, 9.17) is 5.26 Å². The third-order valence-electron chi connectivity index (χ3n) is 4.03. The molecule has 6 nitrogen and oxygen atoms in total. The molecule has 2 aromatic heterocycles. The minimum Gasteiger partial charge on any atom is -0.314 e. The molecular weight excluding hydrogens is 266 g/mol. The smallest absolute Gasteiger partial charge is 0.250 e. The maximum absolute atomic E-state index is 11.6. The summed E-state index contributed by atoms with van der Waals surface area (Å²) >= 11 is 0. The molecule has 0 aromatic carbocycles. The van der Waals surface area contributed by atoms with E-state index in [1.165, 1.54) is 0 Å². The quantitative estimate of drug-likeness (QED) is 0.839. The molecule has 0 spiro atoms. The number of hydrogen-bond acceptors (Lipinski definition) is 4. The molecule has 3 rings (SSSR count). The molecule has 3 heterocycles. The highest BCUT2D eigenvalue weighted by molar-refractivity contribution is 5.22. The summed E-state index contributed by atoms with van der Waals surface area (Å²) in [6.07, 6.45) is 4.41. The van der Waals surface area contributed by atoms with Crippen molar-refractivity contribution in [2.24, 2.45) is 7.05 Å². The second-order valence-electron chi connectivity index (χ2n) is 5.41. The van der Waals surface area contributed by atoms with E-state index in [2.05, 4.69) is 16.1 Å². The number of pyridine rings is 1. The predicted molar refractivity (Wildman–Crippen MR) is 77.6 cm³/mol. The average Bonchev–Trinajstić information content (AvgIpc) is 3.12. The Morgan fingerprint density at radius 3 is 3.10 bits per heavy atom. The van der Waals surface area contributed by atoms with Gasteiger partial charge in [0, 0.05) is 44.6 Å². The first kappa shape index (κ1) is 13.6. The first-order chi connectivity index (χ1) is 10.2. The number of nitrogens with zero attached hydrogens (tertiary/aromatic N) is 5. The van der Waals surface area contributed by atoms with E-state index in [0.717, 1.165) is 31.7 Å². The third-order valence-corrected chi connectivity index (χ3v) is 4.03. The molecule has 0 saturated carbocycles. The van der Waals surface area contributed by atoms with Crippen LogP contribution in [0, 0.1) is 11.3 Å². The van der Waals surface area contributed by atoms with Gasteiger partial charge in [-0.15, -0.1) is 0 Å². The van der Waals surface area contributed by atoms with E-state index >= 15 is 0 Å². The molecule has 6 heteroatoms. The number of hydrogen-bond donors (Lipinski definition) is 0. The van der Waals surface area contributed by atoms with Crippen LogP contribution in [-0.4, -0.2) is 32.3 Å². The van der Waals surface area contributed by atoms with Gasteiger partial charge < -0.3 is 4.57 Å². The summed E-state index contributed by atoms with van der Waals surface area (Å²) in [6.45, 7) is 2.61. The van der Waals surface area contributed by atoms with E-state index in [0.29, 0.717) is 11.6 Å². The highest BCUT2D eigenvalue weighted by Gasteiger charge is 2.24. The third kappa shape index (κ3) is 2.73. The molecule has 1 aliphatic heterocycles. The van der Waals surface area contributed by atoms with Crippen LogP contribution in [-0.2, 0) is 13.6 Å². The van der Waals surface area contributed by atoms with E-state index in [1.54, 1.807) is 36.1 Å².